The van der Waals surface area contributed by atoms with Crippen LogP contribution in [0.25, 0.3) is 6.08 Å². The first-order chi connectivity index (χ1) is 19.5. The lowest BCUT2D eigenvalue weighted by Crippen LogP contribution is -2.43. The lowest BCUT2D eigenvalue weighted by atomic mass is 9.88. The SMILES string of the molecule is O=C(/C=C/c1ccc(CN(CCC(c2ccccc2)c2ccccc2)C(=O)NC(=O)c2ccccc2)cc1)NO. The summed E-state index contributed by atoms with van der Waals surface area (Å²) in [6, 6.07) is 35.9. The van der Waals surface area contributed by atoms with E-state index in [0.717, 1.165) is 22.3 Å². The molecule has 40 heavy (non-hydrogen) atoms. The second-order valence-electron chi connectivity index (χ2n) is 9.26. The van der Waals surface area contributed by atoms with Gasteiger partial charge in [0.15, 0.2) is 0 Å². The molecule has 0 aliphatic heterocycles. The fourth-order valence-electron chi connectivity index (χ4n) is 4.44. The maximum Gasteiger partial charge on any atom is 0.324 e. The van der Waals surface area contributed by atoms with Crippen molar-refractivity contribution in [3.05, 3.63) is 149 Å². The summed E-state index contributed by atoms with van der Waals surface area (Å²) in [5.74, 6) is -1.02. The van der Waals surface area contributed by atoms with Crippen LogP contribution in [-0.2, 0) is 11.3 Å². The zero-order valence-corrected chi connectivity index (χ0v) is 21.9. The molecule has 3 N–H and O–H groups in total. The second kappa shape index (κ2) is 14.2. The number of nitrogens with zero attached hydrogens (tertiary/aromatic N) is 1. The molecule has 0 aromatic heterocycles. The van der Waals surface area contributed by atoms with Gasteiger partial charge in [0.25, 0.3) is 11.8 Å². The highest BCUT2D eigenvalue weighted by atomic mass is 16.5. The molecule has 0 radical (unpaired) electrons. The van der Waals surface area contributed by atoms with Gasteiger partial charge in [-0.25, -0.2) is 10.3 Å². The van der Waals surface area contributed by atoms with Crippen molar-refractivity contribution >= 4 is 23.9 Å². The number of benzene rings is 4. The molecule has 0 fully saturated rings. The van der Waals surface area contributed by atoms with Crippen LogP contribution in [0.1, 0.15) is 45.0 Å². The van der Waals surface area contributed by atoms with Gasteiger partial charge >= 0.3 is 6.03 Å². The molecule has 0 bridgehead atoms. The normalized spacial score (nSPS) is 10.8. The van der Waals surface area contributed by atoms with E-state index in [2.05, 4.69) is 29.6 Å². The van der Waals surface area contributed by atoms with Crippen LogP contribution < -0.4 is 10.8 Å². The van der Waals surface area contributed by atoms with Gasteiger partial charge in [-0.3, -0.25) is 20.1 Å². The maximum absolute atomic E-state index is 13.4. The average molecular weight is 534 g/mol. The molecule has 0 unspecified atom stereocenters. The van der Waals surface area contributed by atoms with Crippen molar-refractivity contribution in [2.45, 2.75) is 18.9 Å². The molecular formula is C33H31N3O4. The van der Waals surface area contributed by atoms with E-state index in [9.17, 15) is 14.4 Å². The Morgan fingerprint density at radius 2 is 1.30 bits per heavy atom. The van der Waals surface area contributed by atoms with Gasteiger partial charge in [-0.1, -0.05) is 103 Å². The van der Waals surface area contributed by atoms with Crippen molar-refractivity contribution in [1.82, 2.24) is 15.7 Å². The Bertz CT molecular complexity index is 1380. The molecule has 7 nitrogen and oxygen atoms in total. The Morgan fingerprint density at radius 3 is 1.85 bits per heavy atom. The molecule has 0 aliphatic carbocycles. The van der Waals surface area contributed by atoms with E-state index in [4.69, 9.17) is 5.21 Å². The smallest absolute Gasteiger partial charge is 0.320 e. The minimum Gasteiger partial charge on any atom is -0.320 e. The van der Waals surface area contributed by atoms with Crippen LogP contribution in [0.2, 0.25) is 0 Å². The Labute approximate surface area is 233 Å². The molecular weight excluding hydrogens is 502 g/mol. The van der Waals surface area contributed by atoms with E-state index < -0.39 is 17.8 Å². The van der Waals surface area contributed by atoms with E-state index in [1.807, 2.05) is 66.7 Å². The minimum atomic E-state index is -0.624. The Kier molecular flexibility index (Phi) is 9.96. The quantitative estimate of drug-likeness (QED) is 0.137. The summed E-state index contributed by atoms with van der Waals surface area (Å²) < 4.78 is 0. The van der Waals surface area contributed by atoms with Gasteiger partial charge in [-0.15, -0.1) is 0 Å². The third kappa shape index (κ3) is 7.99. The third-order valence-corrected chi connectivity index (χ3v) is 6.53. The fraction of sp³-hybridized carbons (Fsp3) is 0.121. The molecule has 4 aromatic rings. The first kappa shape index (κ1) is 28.0. The highest BCUT2D eigenvalue weighted by molar-refractivity contribution is 6.04. The largest absolute Gasteiger partial charge is 0.324 e. The van der Waals surface area contributed by atoms with Crippen molar-refractivity contribution < 1.29 is 19.6 Å². The lowest BCUT2D eigenvalue weighted by Gasteiger charge is -2.26. The summed E-state index contributed by atoms with van der Waals surface area (Å²) in [6.07, 6.45) is 3.44. The van der Waals surface area contributed by atoms with Gasteiger partial charge in [0.1, 0.15) is 0 Å². The maximum atomic E-state index is 13.4. The van der Waals surface area contributed by atoms with E-state index in [-0.39, 0.29) is 12.5 Å². The van der Waals surface area contributed by atoms with Crippen LogP contribution in [0.5, 0.6) is 0 Å². The van der Waals surface area contributed by atoms with Gasteiger partial charge in [0, 0.05) is 30.6 Å². The molecule has 0 aliphatic rings. The van der Waals surface area contributed by atoms with E-state index in [1.54, 1.807) is 40.7 Å². The first-order valence-corrected chi connectivity index (χ1v) is 13.0. The predicted molar refractivity (Wildman–Crippen MR) is 154 cm³/mol. The Hall–Kier alpha value is -5.01. The number of nitrogens with one attached hydrogen (secondary N) is 2. The summed E-state index contributed by atoms with van der Waals surface area (Å²) >= 11 is 0. The number of rotatable bonds is 10. The molecule has 4 amide bonds. The summed E-state index contributed by atoms with van der Waals surface area (Å²) in [6.45, 7) is 0.687. The summed E-state index contributed by atoms with van der Waals surface area (Å²) in [5, 5.41) is 11.2. The molecule has 0 heterocycles. The number of urea groups is 1. The van der Waals surface area contributed by atoms with Gasteiger partial charge in [-0.2, -0.15) is 0 Å². The third-order valence-electron chi connectivity index (χ3n) is 6.53. The van der Waals surface area contributed by atoms with Crippen LogP contribution in [0.15, 0.2) is 121 Å². The highest BCUT2D eigenvalue weighted by Gasteiger charge is 2.21. The molecule has 0 spiro atoms. The number of hydrogen-bond donors (Lipinski definition) is 3. The van der Waals surface area contributed by atoms with Gasteiger partial charge < -0.3 is 4.90 Å². The van der Waals surface area contributed by atoms with Crippen molar-refractivity contribution in [3.8, 4) is 0 Å². The molecule has 4 rings (SSSR count). The van der Waals surface area contributed by atoms with Crippen molar-refractivity contribution in [2.75, 3.05) is 6.54 Å². The molecule has 0 saturated heterocycles. The standard InChI is InChI=1S/C33H31N3O4/c37-31(35-40)21-20-25-16-18-26(19-17-25)24-36(33(39)34-32(38)29-14-8-3-9-15-29)23-22-30(27-10-4-1-5-11-27)28-12-6-2-7-13-28/h1-21,30,40H,22-24H2,(H,35,37)(H,34,38,39)/b21-20+. The molecule has 7 heteroatoms. The molecule has 4 aromatic carbocycles. The van der Waals surface area contributed by atoms with Gasteiger partial charge in [0.05, 0.1) is 0 Å². The summed E-state index contributed by atoms with van der Waals surface area (Å²) in [4.78, 5) is 39.1. The Morgan fingerprint density at radius 1 is 0.750 bits per heavy atom. The highest BCUT2D eigenvalue weighted by Crippen LogP contribution is 2.28. The summed E-state index contributed by atoms with van der Waals surface area (Å²) in [5.41, 5.74) is 5.89. The number of amides is 4. The number of hydroxylamine groups is 1. The molecule has 0 saturated carbocycles. The monoisotopic (exact) mass is 533 g/mol. The van der Waals surface area contributed by atoms with Crippen LogP contribution in [0.3, 0.4) is 0 Å². The van der Waals surface area contributed by atoms with Crippen LogP contribution in [0, 0.1) is 0 Å². The number of imide groups is 1. The van der Waals surface area contributed by atoms with Gasteiger partial charge in [0.2, 0.25) is 0 Å². The first-order valence-electron chi connectivity index (χ1n) is 13.0. The van der Waals surface area contributed by atoms with Crippen LogP contribution >= 0.6 is 0 Å². The Balaban J connectivity index is 1.54. The topological polar surface area (TPSA) is 98.7 Å². The number of carbonyl (C=O) groups is 3. The average Bonchev–Trinajstić information content (AvgIpc) is 3.01. The van der Waals surface area contributed by atoms with E-state index >= 15 is 0 Å². The predicted octanol–water partition coefficient (Wildman–Crippen LogP) is 5.78. The molecule has 202 valence electrons. The minimum absolute atomic E-state index is 0.0627. The van der Waals surface area contributed by atoms with Crippen LogP contribution in [-0.4, -0.2) is 34.5 Å². The zero-order valence-electron chi connectivity index (χ0n) is 21.9. The van der Waals surface area contributed by atoms with Crippen molar-refractivity contribution in [3.63, 3.8) is 0 Å². The second-order valence-corrected chi connectivity index (χ2v) is 9.26. The van der Waals surface area contributed by atoms with E-state index in [0.29, 0.717) is 18.5 Å². The fourth-order valence-corrected chi connectivity index (χ4v) is 4.44. The zero-order chi connectivity index (χ0) is 28.2. The lowest BCUT2D eigenvalue weighted by molar-refractivity contribution is -0.124. The summed E-state index contributed by atoms with van der Waals surface area (Å²) in [7, 11) is 0. The van der Waals surface area contributed by atoms with Crippen molar-refractivity contribution in [1.29, 1.82) is 0 Å². The number of carbonyl (C=O) groups excluding carboxylic acids is 3. The van der Waals surface area contributed by atoms with E-state index in [1.165, 1.54) is 6.08 Å². The number of hydrogen-bond acceptors (Lipinski definition) is 4. The molecule has 0 atom stereocenters. The van der Waals surface area contributed by atoms with Gasteiger partial charge in [-0.05, 0) is 46.9 Å². The van der Waals surface area contributed by atoms with Crippen LogP contribution in [0.4, 0.5) is 4.79 Å². The van der Waals surface area contributed by atoms with Crippen molar-refractivity contribution in [2.24, 2.45) is 0 Å².